The van der Waals surface area contributed by atoms with E-state index < -0.39 is 0 Å². The minimum atomic E-state index is -0.264. The Morgan fingerprint density at radius 3 is 2.28 bits per heavy atom. The van der Waals surface area contributed by atoms with Crippen LogP contribution in [0.3, 0.4) is 0 Å². The topological polar surface area (TPSA) is 73.9 Å². The van der Waals surface area contributed by atoms with Crippen molar-refractivity contribution >= 4 is 17.4 Å². The van der Waals surface area contributed by atoms with E-state index in [0.717, 1.165) is 0 Å². The number of Topliss-reactive ketones (excluding diaryl/α,β-unsaturated/α-hetero) is 1. The van der Waals surface area contributed by atoms with E-state index in [1.54, 1.807) is 56.7 Å². The van der Waals surface area contributed by atoms with E-state index in [9.17, 15) is 9.59 Å². The fraction of sp³-hybridized carbons (Fsp3) is 0.263. The zero-order valence-corrected chi connectivity index (χ0v) is 14.5. The van der Waals surface area contributed by atoms with Gasteiger partial charge in [-0.25, -0.2) is 0 Å². The summed E-state index contributed by atoms with van der Waals surface area (Å²) in [5.41, 5.74) is 1.05. The molecule has 0 aliphatic carbocycles. The van der Waals surface area contributed by atoms with E-state index >= 15 is 0 Å². The molecule has 0 bridgehead atoms. The molecule has 2 aromatic carbocycles. The molecular formula is C19H21NO5. The van der Waals surface area contributed by atoms with Gasteiger partial charge in [-0.3, -0.25) is 9.59 Å². The van der Waals surface area contributed by atoms with Crippen LogP contribution in [0.2, 0.25) is 0 Å². The first kappa shape index (κ1) is 18.3. The van der Waals surface area contributed by atoms with Gasteiger partial charge >= 0.3 is 0 Å². The lowest BCUT2D eigenvalue weighted by atomic mass is 10.1. The van der Waals surface area contributed by atoms with Gasteiger partial charge in [0.15, 0.2) is 5.78 Å². The van der Waals surface area contributed by atoms with Crippen LogP contribution in [-0.2, 0) is 4.79 Å². The Hall–Kier alpha value is -3.02. The van der Waals surface area contributed by atoms with Crippen LogP contribution in [0, 0.1) is 0 Å². The second kappa shape index (κ2) is 8.73. The predicted octanol–water partition coefficient (Wildman–Crippen LogP) is 3.31. The molecule has 1 amide bonds. The molecule has 0 aliphatic heterocycles. The highest BCUT2D eigenvalue weighted by Gasteiger charge is 2.12. The second-order valence-electron chi connectivity index (χ2n) is 5.27. The van der Waals surface area contributed by atoms with Gasteiger partial charge in [-0.2, -0.15) is 0 Å². The summed E-state index contributed by atoms with van der Waals surface area (Å²) in [5, 5.41) is 2.75. The number of amides is 1. The predicted molar refractivity (Wildman–Crippen MR) is 94.7 cm³/mol. The molecule has 0 saturated heterocycles. The lowest BCUT2D eigenvalue weighted by Gasteiger charge is -2.11. The number of anilines is 1. The molecule has 0 unspecified atom stereocenters. The summed E-state index contributed by atoms with van der Waals surface area (Å²) in [7, 11) is 4.60. The summed E-state index contributed by atoms with van der Waals surface area (Å²) in [4.78, 5) is 24.3. The number of rotatable bonds is 8. The standard InChI is InChI=1S/C19H21NO5/c1-23-14-6-4-5-13(11-14)17(21)9-10-19(22)20-16-8-7-15(24-2)12-18(16)25-3/h4-8,11-12H,9-10H2,1-3H3,(H,20,22). The zero-order chi connectivity index (χ0) is 18.2. The molecule has 25 heavy (non-hydrogen) atoms. The maximum Gasteiger partial charge on any atom is 0.224 e. The molecule has 0 spiro atoms. The lowest BCUT2D eigenvalue weighted by Crippen LogP contribution is -2.14. The van der Waals surface area contributed by atoms with Crippen molar-refractivity contribution in [3.05, 3.63) is 48.0 Å². The van der Waals surface area contributed by atoms with E-state index in [0.29, 0.717) is 28.5 Å². The van der Waals surface area contributed by atoms with Crippen molar-refractivity contribution in [1.29, 1.82) is 0 Å². The summed E-state index contributed by atoms with van der Waals surface area (Å²) in [6, 6.07) is 12.0. The quantitative estimate of drug-likeness (QED) is 0.744. The summed E-state index contributed by atoms with van der Waals surface area (Å²) in [5.74, 6) is 1.35. The van der Waals surface area contributed by atoms with Crippen molar-refractivity contribution in [2.24, 2.45) is 0 Å². The van der Waals surface area contributed by atoms with E-state index in [1.807, 2.05) is 0 Å². The van der Waals surface area contributed by atoms with Crippen molar-refractivity contribution in [2.45, 2.75) is 12.8 Å². The molecule has 2 aromatic rings. The third-order valence-corrected chi connectivity index (χ3v) is 3.65. The van der Waals surface area contributed by atoms with Crippen LogP contribution < -0.4 is 19.5 Å². The van der Waals surface area contributed by atoms with Crippen LogP contribution in [0.5, 0.6) is 17.2 Å². The lowest BCUT2D eigenvalue weighted by molar-refractivity contribution is -0.116. The molecule has 0 atom stereocenters. The number of hydrogen-bond donors (Lipinski definition) is 1. The third kappa shape index (κ3) is 4.97. The Balaban J connectivity index is 1.95. The van der Waals surface area contributed by atoms with E-state index in [1.165, 1.54) is 7.11 Å². The normalized spacial score (nSPS) is 10.0. The SMILES string of the molecule is COc1cccc(C(=O)CCC(=O)Nc2ccc(OC)cc2OC)c1. The number of hydrogen-bond acceptors (Lipinski definition) is 5. The van der Waals surface area contributed by atoms with Gasteiger partial charge in [0.2, 0.25) is 5.91 Å². The molecule has 0 aliphatic rings. The number of methoxy groups -OCH3 is 3. The van der Waals surface area contributed by atoms with Crippen LogP contribution in [0.25, 0.3) is 0 Å². The first-order chi connectivity index (χ1) is 12.1. The Labute approximate surface area is 146 Å². The van der Waals surface area contributed by atoms with Crippen LogP contribution in [-0.4, -0.2) is 33.0 Å². The first-order valence-electron chi connectivity index (χ1n) is 7.76. The van der Waals surface area contributed by atoms with Crippen molar-refractivity contribution < 1.29 is 23.8 Å². The molecule has 6 heteroatoms. The smallest absolute Gasteiger partial charge is 0.224 e. The van der Waals surface area contributed by atoms with Gasteiger partial charge in [0, 0.05) is 24.5 Å². The average Bonchev–Trinajstić information content (AvgIpc) is 2.66. The molecule has 6 nitrogen and oxygen atoms in total. The number of nitrogens with one attached hydrogen (secondary N) is 1. The third-order valence-electron chi connectivity index (χ3n) is 3.65. The Kier molecular flexibility index (Phi) is 6.39. The van der Waals surface area contributed by atoms with Gasteiger partial charge in [-0.05, 0) is 24.3 Å². The van der Waals surface area contributed by atoms with E-state index in [2.05, 4.69) is 5.32 Å². The summed E-state index contributed by atoms with van der Waals surface area (Å²) >= 11 is 0. The maximum atomic E-state index is 12.2. The van der Waals surface area contributed by atoms with E-state index in [4.69, 9.17) is 14.2 Å². The monoisotopic (exact) mass is 343 g/mol. The zero-order valence-electron chi connectivity index (χ0n) is 14.5. The second-order valence-corrected chi connectivity index (χ2v) is 5.27. The van der Waals surface area contributed by atoms with Crippen LogP contribution in [0.15, 0.2) is 42.5 Å². The summed E-state index contributed by atoms with van der Waals surface area (Å²) in [6.45, 7) is 0. The van der Waals surface area contributed by atoms with Crippen molar-refractivity contribution in [2.75, 3.05) is 26.6 Å². The Morgan fingerprint density at radius 1 is 0.880 bits per heavy atom. The number of ether oxygens (including phenoxy) is 3. The van der Waals surface area contributed by atoms with Gasteiger partial charge in [0.1, 0.15) is 17.2 Å². The number of carbonyl (C=O) groups is 2. The highest BCUT2D eigenvalue weighted by molar-refractivity contribution is 6.00. The molecule has 2 rings (SSSR count). The van der Waals surface area contributed by atoms with Crippen LogP contribution in [0.1, 0.15) is 23.2 Å². The molecule has 132 valence electrons. The van der Waals surface area contributed by atoms with Gasteiger partial charge in [-0.15, -0.1) is 0 Å². The first-order valence-corrected chi connectivity index (χ1v) is 7.76. The van der Waals surface area contributed by atoms with Gasteiger partial charge in [-0.1, -0.05) is 12.1 Å². The molecule has 0 aromatic heterocycles. The molecular weight excluding hydrogens is 322 g/mol. The molecule has 0 heterocycles. The average molecular weight is 343 g/mol. The number of benzene rings is 2. The van der Waals surface area contributed by atoms with E-state index in [-0.39, 0.29) is 24.5 Å². The summed E-state index contributed by atoms with van der Waals surface area (Å²) < 4.78 is 15.4. The Bertz CT molecular complexity index is 757. The van der Waals surface area contributed by atoms with Gasteiger partial charge in [0.25, 0.3) is 0 Å². The number of ketones is 1. The largest absolute Gasteiger partial charge is 0.497 e. The minimum Gasteiger partial charge on any atom is -0.497 e. The van der Waals surface area contributed by atoms with Crippen molar-refractivity contribution in [1.82, 2.24) is 0 Å². The molecule has 1 N–H and O–H groups in total. The number of carbonyl (C=O) groups excluding carboxylic acids is 2. The van der Waals surface area contributed by atoms with Gasteiger partial charge in [0.05, 0.1) is 27.0 Å². The maximum absolute atomic E-state index is 12.2. The van der Waals surface area contributed by atoms with Crippen molar-refractivity contribution in [3.63, 3.8) is 0 Å². The molecule has 0 saturated carbocycles. The minimum absolute atomic E-state index is 0.0746. The highest BCUT2D eigenvalue weighted by atomic mass is 16.5. The Morgan fingerprint density at radius 2 is 1.60 bits per heavy atom. The summed E-state index contributed by atoms with van der Waals surface area (Å²) in [6.07, 6.45) is 0.183. The fourth-order valence-electron chi connectivity index (χ4n) is 2.28. The van der Waals surface area contributed by atoms with Crippen molar-refractivity contribution in [3.8, 4) is 17.2 Å². The van der Waals surface area contributed by atoms with Crippen LogP contribution in [0.4, 0.5) is 5.69 Å². The van der Waals surface area contributed by atoms with Crippen LogP contribution >= 0.6 is 0 Å². The molecule has 0 radical (unpaired) electrons. The fourth-order valence-corrected chi connectivity index (χ4v) is 2.28. The van der Waals surface area contributed by atoms with Gasteiger partial charge < -0.3 is 19.5 Å². The molecule has 0 fully saturated rings. The highest BCUT2D eigenvalue weighted by Crippen LogP contribution is 2.29.